The molecule has 2 amide bonds. The van der Waals surface area contributed by atoms with Crippen LogP contribution < -0.4 is 19.7 Å². The molecular weight excluding hydrogens is 501 g/mol. The lowest BCUT2D eigenvalue weighted by molar-refractivity contribution is -0.128. The lowest BCUT2D eigenvalue weighted by atomic mass is 10.00. The van der Waals surface area contributed by atoms with E-state index < -0.39 is 29.2 Å². The fourth-order valence-corrected chi connectivity index (χ4v) is 4.26. The molecule has 10 heteroatoms. The number of rotatable bonds is 9. The Labute approximate surface area is 226 Å². The van der Waals surface area contributed by atoms with Crippen molar-refractivity contribution in [3.63, 3.8) is 0 Å². The summed E-state index contributed by atoms with van der Waals surface area (Å²) in [5.74, 6) is -0.412. The van der Waals surface area contributed by atoms with E-state index in [1.807, 2.05) is 45.9 Å². The monoisotopic (exact) mass is 533 g/mol. The van der Waals surface area contributed by atoms with E-state index in [1.54, 1.807) is 24.3 Å². The number of para-hydroxylation sites is 1. The van der Waals surface area contributed by atoms with Gasteiger partial charge in [0.25, 0.3) is 0 Å². The molecule has 0 saturated carbocycles. The molecule has 0 bridgehead atoms. The predicted molar refractivity (Wildman–Crippen MR) is 146 cm³/mol. The zero-order chi connectivity index (χ0) is 28.2. The van der Waals surface area contributed by atoms with Crippen LogP contribution in [0.2, 0.25) is 0 Å². The number of hydrogen-bond acceptors (Lipinski definition) is 6. The summed E-state index contributed by atoms with van der Waals surface area (Å²) in [6.07, 6.45) is 0. The van der Waals surface area contributed by atoms with E-state index in [9.17, 15) is 14.0 Å². The Balaban J connectivity index is 1.85. The number of carbonyl (C=O) groups excluding carboxylic acids is 2. The number of amides is 2. The minimum absolute atomic E-state index is 0.203. The van der Waals surface area contributed by atoms with Crippen LogP contribution in [-0.2, 0) is 16.1 Å². The van der Waals surface area contributed by atoms with E-state index in [1.165, 1.54) is 41.0 Å². The van der Waals surface area contributed by atoms with Crippen LogP contribution in [-0.4, -0.2) is 46.1 Å². The molecule has 0 saturated heterocycles. The molecule has 39 heavy (non-hydrogen) atoms. The Hall–Kier alpha value is -4.47. The third-order valence-electron chi connectivity index (χ3n) is 5.89. The van der Waals surface area contributed by atoms with Crippen LogP contribution >= 0.6 is 0 Å². The number of nitrogens with one attached hydrogen (secondary N) is 1. The number of carbonyl (C=O) groups is 2. The topological polar surface area (TPSA) is 98.6 Å². The van der Waals surface area contributed by atoms with Crippen LogP contribution in [0.3, 0.4) is 0 Å². The number of benzene rings is 3. The molecule has 3 aromatic carbocycles. The zero-order valence-corrected chi connectivity index (χ0v) is 22.6. The number of methoxy groups -OCH3 is 1. The number of anilines is 1. The van der Waals surface area contributed by atoms with Gasteiger partial charge in [-0.3, -0.25) is 14.5 Å². The molecule has 0 aliphatic rings. The number of ether oxygens (including phenoxy) is 2. The van der Waals surface area contributed by atoms with Crippen LogP contribution in [0.25, 0.3) is 11.0 Å². The first-order chi connectivity index (χ1) is 18.6. The second-order valence-electron chi connectivity index (χ2n) is 9.96. The van der Waals surface area contributed by atoms with Crippen molar-refractivity contribution in [1.82, 2.24) is 20.3 Å². The quantitative estimate of drug-likeness (QED) is 0.336. The van der Waals surface area contributed by atoms with Crippen molar-refractivity contribution >= 4 is 28.5 Å². The van der Waals surface area contributed by atoms with Gasteiger partial charge in [0.1, 0.15) is 23.9 Å². The lowest BCUT2D eigenvalue weighted by Crippen LogP contribution is -2.50. The maximum Gasteiger partial charge on any atom is 0.249 e. The predicted octanol–water partition coefficient (Wildman–Crippen LogP) is 4.67. The standard InChI is InChI=1S/C29H32FN5O4/c1-6-39-24-16-11-19(17-25(24)38-5)27(28(37)31-29(2,3)4)35(21-14-12-20(30)13-15-21)26(36)18-34-23-10-8-7-9-22(23)32-33-34/h7-17,27H,6,18H2,1-5H3,(H,31,37)/t27-/m1/s1. The third kappa shape index (κ3) is 6.34. The van der Waals surface area contributed by atoms with Gasteiger partial charge in [0.05, 0.1) is 19.2 Å². The SMILES string of the molecule is CCOc1ccc([C@H](C(=O)NC(C)(C)C)N(C(=O)Cn2nnc3ccccc32)c2ccc(F)cc2)cc1OC. The van der Waals surface area contributed by atoms with Crippen LogP contribution in [0.4, 0.5) is 10.1 Å². The van der Waals surface area contributed by atoms with E-state index in [0.717, 1.165) is 0 Å². The molecule has 4 rings (SSSR count). The van der Waals surface area contributed by atoms with E-state index in [2.05, 4.69) is 15.6 Å². The van der Waals surface area contributed by atoms with Gasteiger partial charge in [-0.25, -0.2) is 9.07 Å². The number of halogens is 1. The maximum absolute atomic E-state index is 14.1. The highest BCUT2D eigenvalue weighted by Gasteiger charge is 2.35. The highest BCUT2D eigenvalue weighted by atomic mass is 19.1. The molecule has 1 atom stereocenters. The fraction of sp³-hybridized carbons (Fsp3) is 0.310. The van der Waals surface area contributed by atoms with E-state index in [0.29, 0.717) is 40.4 Å². The summed E-state index contributed by atoms with van der Waals surface area (Å²) in [6, 6.07) is 16.7. The van der Waals surface area contributed by atoms with Crippen molar-refractivity contribution in [2.45, 2.75) is 45.8 Å². The lowest BCUT2D eigenvalue weighted by Gasteiger charge is -2.34. The fourth-order valence-electron chi connectivity index (χ4n) is 4.26. The molecule has 0 spiro atoms. The molecule has 9 nitrogen and oxygen atoms in total. The molecule has 0 aliphatic carbocycles. The Morgan fingerprint density at radius 2 is 1.77 bits per heavy atom. The smallest absolute Gasteiger partial charge is 0.249 e. The molecule has 0 unspecified atom stereocenters. The van der Waals surface area contributed by atoms with Gasteiger partial charge in [-0.05, 0) is 81.8 Å². The summed E-state index contributed by atoms with van der Waals surface area (Å²) >= 11 is 0. The zero-order valence-electron chi connectivity index (χ0n) is 22.6. The van der Waals surface area contributed by atoms with Crippen molar-refractivity contribution in [3.8, 4) is 11.5 Å². The minimum atomic E-state index is -1.12. The summed E-state index contributed by atoms with van der Waals surface area (Å²) in [6.45, 7) is 7.64. The average Bonchev–Trinajstić information content (AvgIpc) is 3.30. The molecule has 1 aromatic heterocycles. The summed E-state index contributed by atoms with van der Waals surface area (Å²) < 4.78 is 26.6. The molecule has 1 N–H and O–H groups in total. The Bertz CT molecular complexity index is 1460. The first-order valence-corrected chi connectivity index (χ1v) is 12.6. The minimum Gasteiger partial charge on any atom is -0.493 e. The molecular formula is C29H32FN5O4. The van der Waals surface area contributed by atoms with Gasteiger partial charge in [-0.1, -0.05) is 23.4 Å². The summed E-state index contributed by atoms with van der Waals surface area (Å²) in [5, 5.41) is 11.3. The summed E-state index contributed by atoms with van der Waals surface area (Å²) in [7, 11) is 1.50. The first-order valence-electron chi connectivity index (χ1n) is 12.6. The normalized spacial score (nSPS) is 12.2. The largest absolute Gasteiger partial charge is 0.493 e. The molecule has 4 aromatic rings. The molecule has 0 radical (unpaired) electrons. The number of nitrogens with zero attached hydrogens (tertiary/aromatic N) is 4. The van der Waals surface area contributed by atoms with Gasteiger partial charge in [-0.15, -0.1) is 5.10 Å². The highest BCUT2D eigenvalue weighted by Crippen LogP contribution is 2.35. The first kappa shape index (κ1) is 27.6. The molecule has 0 fully saturated rings. The second kappa shape index (κ2) is 11.5. The van der Waals surface area contributed by atoms with Crippen molar-refractivity contribution in [2.24, 2.45) is 0 Å². The third-order valence-corrected chi connectivity index (χ3v) is 5.89. The van der Waals surface area contributed by atoms with Crippen LogP contribution in [0.1, 0.15) is 39.3 Å². The van der Waals surface area contributed by atoms with E-state index in [4.69, 9.17) is 9.47 Å². The van der Waals surface area contributed by atoms with Crippen LogP contribution in [0, 0.1) is 5.82 Å². The van der Waals surface area contributed by atoms with Gasteiger partial charge in [0.15, 0.2) is 11.5 Å². The van der Waals surface area contributed by atoms with Crippen molar-refractivity contribution in [1.29, 1.82) is 0 Å². The average molecular weight is 534 g/mol. The molecule has 204 valence electrons. The van der Waals surface area contributed by atoms with Crippen molar-refractivity contribution < 1.29 is 23.5 Å². The highest BCUT2D eigenvalue weighted by molar-refractivity contribution is 6.01. The summed E-state index contributed by atoms with van der Waals surface area (Å²) in [4.78, 5) is 29.3. The van der Waals surface area contributed by atoms with Gasteiger partial charge >= 0.3 is 0 Å². The number of aromatic nitrogens is 3. The maximum atomic E-state index is 14.1. The Kier molecular flexibility index (Phi) is 8.13. The van der Waals surface area contributed by atoms with Crippen molar-refractivity contribution in [3.05, 3.63) is 78.1 Å². The number of fused-ring (bicyclic) bond motifs is 1. The van der Waals surface area contributed by atoms with Gasteiger partial charge in [0.2, 0.25) is 11.8 Å². The molecule has 1 heterocycles. The Morgan fingerprint density at radius 3 is 2.44 bits per heavy atom. The molecule has 0 aliphatic heterocycles. The van der Waals surface area contributed by atoms with Gasteiger partial charge < -0.3 is 14.8 Å². The number of hydrogen-bond donors (Lipinski definition) is 1. The van der Waals surface area contributed by atoms with Crippen LogP contribution in [0.5, 0.6) is 11.5 Å². The van der Waals surface area contributed by atoms with Crippen molar-refractivity contribution in [2.75, 3.05) is 18.6 Å². The Morgan fingerprint density at radius 1 is 1.05 bits per heavy atom. The van der Waals surface area contributed by atoms with Crippen LogP contribution in [0.15, 0.2) is 66.7 Å². The van der Waals surface area contributed by atoms with Gasteiger partial charge in [0, 0.05) is 11.2 Å². The van der Waals surface area contributed by atoms with E-state index >= 15 is 0 Å². The second-order valence-corrected chi connectivity index (χ2v) is 9.96. The summed E-state index contributed by atoms with van der Waals surface area (Å²) in [5.41, 5.74) is 1.54. The van der Waals surface area contributed by atoms with Gasteiger partial charge in [-0.2, -0.15) is 0 Å². The van der Waals surface area contributed by atoms with E-state index in [-0.39, 0.29) is 6.54 Å².